The second-order valence-electron chi connectivity index (χ2n) is 5.31. The van der Waals surface area contributed by atoms with Gasteiger partial charge < -0.3 is 10.6 Å². The normalized spacial score (nSPS) is 21.1. The highest BCUT2D eigenvalue weighted by atomic mass is 35.5. The summed E-state index contributed by atoms with van der Waals surface area (Å²) in [6.45, 7) is 8.44. The summed E-state index contributed by atoms with van der Waals surface area (Å²) >= 11 is 0. The number of hydrogen-bond donors (Lipinski definition) is 2. The smallest absolute Gasteiger partial charge is 0.220 e. The number of piperidine rings is 1. The Morgan fingerprint density at radius 3 is 2.69 bits per heavy atom. The van der Waals surface area contributed by atoms with Crippen molar-refractivity contribution in [1.82, 2.24) is 10.6 Å². The fraction of sp³-hybridized carbons (Fsp3) is 0.917. The molecule has 1 heterocycles. The minimum atomic E-state index is 0. The molecule has 1 atom stereocenters. The number of halogens is 1. The molecule has 2 N–H and O–H groups in total. The third-order valence-corrected chi connectivity index (χ3v) is 3.26. The molecule has 0 bridgehead atoms. The van der Waals surface area contributed by atoms with Gasteiger partial charge in [0, 0.05) is 19.0 Å². The number of carbonyl (C=O) groups is 1. The number of nitrogens with one attached hydrogen (secondary N) is 2. The highest BCUT2D eigenvalue weighted by Gasteiger charge is 2.22. The van der Waals surface area contributed by atoms with E-state index in [0.717, 1.165) is 25.9 Å². The molecule has 0 radical (unpaired) electrons. The van der Waals surface area contributed by atoms with E-state index < -0.39 is 0 Å². The van der Waals surface area contributed by atoms with E-state index in [-0.39, 0.29) is 23.7 Å². The van der Waals surface area contributed by atoms with E-state index in [1.165, 1.54) is 6.42 Å². The van der Waals surface area contributed by atoms with Gasteiger partial charge in [0.05, 0.1) is 0 Å². The standard InChI is InChI=1S/C12H24N2O.ClH/c1-4-12(2,3)8-11(15)14-10-6-5-7-13-9-10;/h10,13H,4-9H2,1-3H3,(H,14,15);1H. The summed E-state index contributed by atoms with van der Waals surface area (Å²) < 4.78 is 0. The SMILES string of the molecule is CCC(C)(C)CC(=O)NC1CCCNC1.Cl. The van der Waals surface area contributed by atoms with Gasteiger partial charge in [-0.05, 0) is 24.8 Å². The molecule has 4 heteroatoms. The van der Waals surface area contributed by atoms with Crippen LogP contribution in [0.25, 0.3) is 0 Å². The molecule has 1 saturated heterocycles. The first kappa shape index (κ1) is 15.7. The Bertz CT molecular complexity index is 213. The summed E-state index contributed by atoms with van der Waals surface area (Å²) in [6, 6.07) is 0.346. The molecular formula is C12H25ClN2O. The van der Waals surface area contributed by atoms with Crippen LogP contribution >= 0.6 is 12.4 Å². The Labute approximate surface area is 105 Å². The van der Waals surface area contributed by atoms with Crippen molar-refractivity contribution in [3.63, 3.8) is 0 Å². The Morgan fingerprint density at radius 2 is 2.19 bits per heavy atom. The first-order valence-corrected chi connectivity index (χ1v) is 6.03. The average Bonchev–Trinajstić information content (AvgIpc) is 2.18. The van der Waals surface area contributed by atoms with Crippen molar-refractivity contribution in [3.8, 4) is 0 Å². The minimum Gasteiger partial charge on any atom is -0.352 e. The zero-order valence-corrected chi connectivity index (χ0v) is 11.5. The van der Waals surface area contributed by atoms with Gasteiger partial charge in [-0.25, -0.2) is 0 Å². The van der Waals surface area contributed by atoms with Crippen LogP contribution in [0.4, 0.5) is 0 Å². The molecule has 3 nitrogen and oxygen atoms in total. The third kappa shape index (κ3) is 5.71. The van der Waals surface area contributed by atoms with E-state index in [9.17, 15) is 4.79 Å². The fourth-order valence-electron chi connectivity index (χ4n) is 1.81. The summed E-state index contributed by atoms with van der Waals surface area (Å²) in [7, 11) is 0. The van der Waals surface area contributed by atoms with Crippen molar-refractivity contribution in [2.45, 2.75) is 52.5 Å². The van der Waals surface area contributed by atoms with Crippen LogP contribution < -0.4 is 10.6 Å². The van der Waals surface area contributed by atoms with Crippen molar-refractivity contribution < 1.29 is 4.79 Å². The van der Waals surface area contributed by atoms with Gasteiger partial charge in [-0.2, -0.15) is 0 Å². The number of carbonyl (C=O) groups excluding carboxylic acids is 1. The Hall–Kier alpha value is -0.280. The molecule has 1 fully saturated rings. The highest BCUT2D eigenvalue weighted by molar-refractivity contribution is 5.85. The third-order valence-electron chi connectivity index (χ3n) is 3.26. The van der Waals surface area contributed by atoms with Crippen LogP contribution in [0.5, 0.6) is 0 Å². The van der Waals surface area contributed by atoms with Gasteiger partial charge >= 0.3 is 0 Å². The summed E-state index contributed by atoms with van der Waals surface area (Å²) in [5.41, 5.74) is 0.131. The maximum atomic E-state index is 11.7. The minimum absolute atomic E-state index is 0. The van der Waals surface area contributed by atoms with Gasteiger partial charge in [-0.15, -0.1) is 12.4 Å². The number of rotatable bonds is 4. The van der Waals surface area contributed by atoms with Crippen molar-refractivity contribution in [1.29, 1.82) is 0 Å². The molecule has 0 aliphatic carbocycles. The molecule has 0 saturated carbocycles. The van der Waals surface area contributed by atoms with Crippen LogP contribution in [0.2, 0.25) is 0 Å². The molecule has 0 aromatic heterocycles. The van der Waals surface area contributed by atoms with Crippen molar-refractivity contribution >= 4 is 18.3 Å². The topological polar surface area (TPSA) is 41.1 Å². The van der Waals surface area contributed by atoms with Crippen LogP contribution in [0.3, 0.4) is 0 Å². The Kier molecular flexibility index (Phi) is 7.00. The molecule has 1 rings (SSSR count). The molecule has 0 aromatic carbocycles. The molecule has 1 unspecified atom stereocenters. The van der Waals surface area contributed by atoms with Gasteiger partial charge in [0.1, 0.15) is 0 Å². The van der Waals surface area contributed by atoms with Crippen molar-refractivity contribution in [2.24, 2.45) is 5.41 Å². The molecule has 0 spiro atoms. The predicted molar refractivity (Wildman–Crippen MR) is 70.0 cm³/mol. The molecule has 1 aliphatic rings. The van der Waals surface area contributed by atoms with E-state index in [2.05, 4.69) is 31.4 Å². The molecule has 1 amide bonds. The second-order valence-corrected chi connectivity index (χ2v) is 5.31. The largest absolute Gasteiger partial charge is 0.352 e. The molecular weight excluding hydrogens is 224 g/mol. The van der Waals surface area contributed by atoms with Crippen LogP contribution in [0, 0.1) is 5.41 Å². The molecule has 96 valence electrons. The predicted octanol–water partition coefficient (Wildman–Crippen LogP) is 2.10. The lowest BCUT2D eigenvalue weighted by atomic mass is 9.86. The first-order valence-electron chi connectivity index (χ1n) is 6.03. The van der Waals surface area contributed by atoms with E-state index in [1.807, 2.05) is 0 Å². The van der Waals surface area contributed by atoms with E-state index >= 15 is 0 Å². The highest BCUT2D eigenvalue weighted by Crippen LogP contribution is 2.24. The first-order chi connectivity index (χ1) is 7.03. The van der Waals surface area contributed by atoms with Crippen LogP contribution in [-0.2, 0) is 4.79 Å². The maximum absolute atomic E-state index is 11.7. The Morgan fingerprint density at radius 1 is 1.50 bits per heavy atom. The van der Waals surface area contributed by atoms with Gasteiger partial charge in [0.25, 0.3) is 0 Å². The van der Waals surface area contributed by atoms with Gasteiger partial charge in [-0.1, -0.05) is 27.2 Å². The molecule has 1 aliphatic heterocycles. The van der Waals surface area contributed by atoms with E-state index in [4.69, 9.17) is 0 Å². The second kappa shape index (κ2) is 7.13. The van der Waals surface area contributed by atoms with Crippen molar-refractivity contribution in [3.05, 3.63) is 0 Å². The Balaban J connectivity index is 0.00000225. The average molecular weight is 249 g/mol. The monoisotopic (exact) mass is 248 g/mol. The summed E-state index contributed by atoms with van der Waals surface area (Å²) in [5.74, 6) is 0.204. The van der Waals surface area contributed by atoms with Crippen LogP contribution in [-0.4, -0.2) is 25.0 Å². The summed E-state index contributed by atoms with van der Waals surface area (Å²) in [6.07, 6.45) is 3.97. The fourth-order valence-corrected chi connectivity index (χ4v) is 1.81. The quantitative estimate of drug-likeness (QED) is 0.800. The maximum Gasteiger partial charge on any atom is 0.220 e. The lowest BCUT2D eigenvalue weighted by molar-refractivity contribution is -0.123. The van der Waals surface area contributed by atoms with Gasteiger partial charge in [0.15, 0.2) is 0 Å². The molecule has 16 heavy (non-hydrogen) atoms. The number of hydrogen-bond acceptors (Lipinski definition) is 2. The van der Waals surface area contributed by atoms with Crippen molar-refractivity contribution in [2.75, 3.05) is 13.1 Å². The summed E-state index contributed by atoms with van der Waals surface area (Å²) in [4.78, 5) is 11.7. The van der Waals surface area contributed by atoms with Gasteiger partial charge in [0.2, 0.25) is 5.91 Å². The van der Waals surface area contributed by atoms with E-state index in [0.29, 0.717) is 12.5 Å². The van der Waals surface area contributed by atoms with Gasteiger partial charge in [-0.3, -0.25) is 4.79 Å². The lowest BCUT2D eigenvalue weighted by Gasteiger charge is -2.27. The lowest BCUT2D eigenvalue weighted by Crippen LogP contribution is -2.46. The zero-order chi connectivity index (χ0) is 11.3. The van der Waals surface area contributed by atoms with Crippen LogP contribution in [0.15, 0.2) is 0 Å². The zero-order valence-electron chi connectivity index (χ0n) is 10.6. The molecule has 0 aromatic rings. The van der Waals surface area contributed by atoms with E-state index in [1.54, 1.807) is 0 Å². The van der Waals surface area contributed by atoms with Crippen LogP contribution in [0.1, 0.15) is 46.5 Å². The summed E-state index contributed by atoms with van der Waals surface area (Å²) in [5, 5.41) is 6.41. The number of amides is 1.